The summed E-state index contributed by atoms with van der Waals surface area (Å²) in [6, 6.07) is 14.2. The predicted octanol–water partition coefficient (Wildman–Crippen LogP) is 4.61. The quantitative estimate of drug-likeness (QED) is 0.842. The summed E-state index contributed by atoms with van der Waals surface area (Å²) in [5.41, 5.74) is 2.73. The van der Waals surface area contributed by atoms with Crippen LogP contribution in [0.1, 0.15) is 55.3 Å². The molecule has 0 aliphatic rings. The molecule has 2 rings (SSSR count). The maximum Gasteiger partial charge on any atom is 0.338 e. The summed E-state index contributed by atoms with van der Waals surface area (Å²) < 4.78 is 5.47. The molecule has 1 unspecified atom stereocenters. The summed E-state index contributed by atoms with van der Waals surface area (Å²) in [5.74, 6) is -0.269. The minimum Gasteiger partial charge on any atom is -0.508 e. The number of carbonyl (C=O) groups excluding carboxylic acids is 1. The minimum absolute atomic E-state index is 0.102. The van der Waals surface area contributed by atoms with Crippen molar-refractivity contribution in [3.63, 3.8) is 0 Å². The summed E-state index contributed by atoms with van der Waals surface area (Å²) in [6.07, 6.45) is -0.324. The lowest BCUT2D eigenvalue weighted by molar-refractivity contribution is 0.0338. The third-order valence-electron chi connectivity index (χ3n) is 3.63. The molecule has 1 N–H and O–H groups in total. The van der Waals surface area contributed by atoms with Gasteiger partial charge in [0.25, 0.3) is 0 Å². The molecule has 0 bridgehead atoms. The van der Waals surface area contributed by atoms with Crippen LogP contribution in [0.25, 0.3) is 0 Å². The molecule has 2 aromatic carbocycles. The van der Waals surface area contributed by atoms with Gasteiger partial charge in [0.2, 0.25) is 0 Å². The van der Waals surface area contributed by atoms with Gasteiger partial charge >= 0.3 is 5.97 Å². The van der Waals surface area contributed by atoms with Crippen molar-refractivity contribution in [1.82, 2.24) is 0 Å². The third-order valence-corrected chi connectivity index (χ3v) is 3.63. The number of carbonyl (C=O) groups is 1. The van der Waals surface area contributed by atoms with Gasteiger partial charge < -0.3 is 9.84 Å². The Balaban J connectivity index is 2.07. The number of hydrogen-bond acceptors (Lipinski definition) is 3. The Labute approximate surface area is 131 Å². The first-order valence-corrected chi connectivity index (χ1v) is 7.38. The molecule has 2 aromatic rings. The standard InChI is InChI=1S/C19H22O3/c1-13(14-5-9-16(10-6-14)19(2,3)4)22-18(21)15-7-11-17(20)12-8-15/h5-13,20H,1-4H3. The second-order valence-electron chi connectivity index (χ2n) is 6.47. The molecule has 3 heteroatoms. The molecule has 0 radical (unpaired) electrons. The van der Waals surface area contributed by atoms with E-state index in [0.29, 0.717) is 5.56 Å². The van der Waals surface area contributed by atoms with Crippen molar-refractivity contribution >= 4 is 5.97 Å². The van der Waals surface area contributed by atoms with Gasteiger partial charge in [-0.25, -0.2) is 4.79 Å². The predicted molar refractivity (Wildman–Crippen MR) is 87.1 cm³/mol. The molecule has 0 spiro atoms. The van der Waals surface area contributed by atoms with Crippen LogP contribution < -0.4 is 0 Å². The van der Waals surface area contributed by atoms with E-state index in [4.69, 9.17) is 4.74 Å². The SMILES string of the molecule is CC(OC(=O)c1ccc(O)cc1)c1ccc(C(C)(C)C)cc1. The smallest absolute Gasteiger partial charge is 0.338 e. The number of phenolic OH excluding ortho intramolecular Hbond substituents is 1. The van der Waals surface area contributed by atoms with Crippen LogP contribution in [0.4, 0.5) is 0 Å². The summed E-state index contributed by atoms with van der Waals surface area (Å²) in [7, 11) is 0. The van der Waals surface area contributed by atoms with E-state index in [1.165, 1.54) is 17.7 Å². The van der Waals surface area contributed by atoms with Gasteiger partial charge in [0.1, 0.15) is 11.9 Å². The van der Waals surface area contributed by atoms with Crippen LogP contribution in [0.3, 0.4) is 0 Å². The number of ether oxygens (including phenoxy) is 1. The average molecular weight is 298 g/mol. The topological polar surface area (TPSA) is 46.5 Å². The van der Waals surface area contributed by atoms with E-state index in [0.717, 1.165) is 5.56 Å². The summed E-state index contributed by atoms with van der Waals surface area (Å²) in [6.45, 7) is 8.34. The molecule has 0 amide bonds. The van der Waals surface area contributed by atoms with Crippen molar-refractivity contribution in [1.29, 1.82) is 0 Å². The van der Waals surface area contributed by atoms with E-state index in [9.17, 15) is 9.90 Å². The van der Waals surface area contributed by atoms with Crippen LogP contribution >= 0.6 is 0 Å². The van der Waals surface area contributed by atoms with Crippen molar-refractivity contribution in [2.45, 2.75) is 39.2 Å². The van der Waals surface area contributed by atoms with Crippen molar-refractivity contribution in [2.75, 3.05) is 0 Å². The third kappa shape index (κ3) is 3.88. The first-order chi connectivity index (χ1) is 10.3. The van der Waals surface area contributed by atoms with Crippen LogP contribution in [0.5, 0.6) is 5.75 Å². The molecule has 0 aromatic heterocycles. The Hall–Kier alpha value is -2.29. The van der Waals surface area contributed by atoms with Crippen LogP contribution in [0, 0.1) is 0 Å². The van der Waals surface area contributed by atoms with Gasteiger partial charge in [-0.3, -0.25) is 0 Å². The van der Waals surface area contributed by atoms with Crippen LogP contribution in [-0.2, 0) is 10.2 Å². The molecule has 0 heterocycles. The van der Waals surface area contributed by atoms with E-state index in [-0.39, 0.29) is 17.3 Å². The second kappa shape index (κ2) is 6.22. The molecule has 116 valence electrons. The van der Waals surface area contributed by atoms with Gasteiger partial charge in [-0.05, 0) is 47.7 Å². The number of esters is 1. The summed E-state index contributed by atoms with van der Waals surface area (Å²) in [4.78, 5) is 12.1. The molecule has 22 heavy (non-hydrogen) atoms. The van der Waals surface area contributed by atoms with Gasteiger partial charge in [0.15, 0.2) is 0 Å². The van der Waals surface area contributed by atoms with Crippen LogP contribution in [0.2, 0.25) is 0 Å². The van der Waals surface area contributed by atoms with Crippen LogP contribution in [-0.4, -0.2) is 11.1 Å². The van der Waals surface area contributed by atoms with Gasteiger partial charge in [-0.2, -0.15) is 0 Å². The Kier molecular flexibility index (Phi) is 4.55. The Bertz CT molecular complexity index is 634. The lowest BCUT2D eigenvalue weighted by Gasteiger charge is -2.20. The maximum absolute atomic E-state index is 12.1. The molecule has 0 aliphatic carbocycles. The number of hydrogen-bond donors (Lipinski definition) is 1. The monoisotopic (exact) mass is 298 g/mol. The highest BCUT2D eigenvalue weighted by molar-refractivity contribution is 5.89. The van der Waals surface area contributed by atoms with Crippen LogP contribution in [0.15, 0.2) is 48.5 Å². The van der Waals surface area contributed by atoms with Gasteiger partial charge in [-0.1, -0.05) is 45.0 Å². The van der Waals surface area contributed by atoms with Gasteiger partial charge in [0, 0.05) is 0 Å². The van der Waals surface area contributed by atoms with Crippen molar-refractivity contribution in [2.24, 2.45) is 0 Å². The fourth-order valence-electron chi connectivity index (χ4n) is 2.15. The summed E-state index contributed by atoms with van der Waals surface area (Å²) >= 11 is 0. The molecule has 3 nitrogen and oxygen atoms in total. The van der Waals surface area contributed by atoms with E-state index < -0.39 is 5.97 Å². The lowest BCUT2D eigenvalue weighted by Crippen LogP contribution is -2.12. The van der Waals surface area contributed by atoms with E-state index >= 15 is 0 Å². The molecule has 0 fully saturated rings. The summed E-state index contributed by atoms with van der Waals surface area (Å²) in [5, 5.41) is 9.24. The fraction of sp³-hybridized carbons (Fsp3) is 0.316. The van der Waals surface area contributed by atoms with E-state index in [1.807, 2.05) is 19.1 Å². The van der Waals surface area contributed by atoms with Gasteiger partial charge in [0.05, 0.1) is 5.56 Å². The zero-order valence-electron chi connectivity index (χ0n) is 13.5. The molecule has 0 aliphatic heterocycles. The Morgan fingerprint density at radius 3 is 2.05 bits per heavy atom. The van der Waals surface area contributed by atoms with E-state index in [1.54, 1.807) is 12.1 Å². The first-order valence-electron chi connectivity index (χ1n) is 7.38. The largest absolute Gasteiger partial charge is 0.508 e. The van der Waals surface area contributed by atoms with Crippen molar-refractivity contribution in [3.05, 3.63) is 65.2 Å². The maximum atomic E-state index is 12.1. The highest BCUT2D eigenvalue weighted by atomic mass is 16.5. The van der Waals surface area contributed by atoms with E-state index in [2.05, 4.69) is 32.9 Å². The number of phenols is 1. The average Bonchev–Trinajstić information content (AvgIpc) is 2.47. The minimum atomic E-state index is -0.396. The van der Waals surface area contributed by atoms with Crippen molar-refractivity contribution in [3.8, 4) is 5.75 Å². The van der Waals surface area contributed by atoms with Gasteiger partial charge in [-0.15, -0.1) is 0 Å². The number of rotatable bonds is 3. The molecule has 1 atom stereocenters. The zero-order chi connectivity index (χ0) is 16.3. The second-order valence-corrected chi connectivity index (χ2v) is 6.47. The zero-order valence-corrected chi connectivity index (χ0v) is 13.5. The highest BCUT2D eigenvalue weighted by Gasteiger charge is 2.16. The highest BCUT2D eigenvalue weighted by Crippen LogP contribution is 2.25. The molecular weight excluding hydrogens is 276 g/mol. The first kappa shape index (κ1) is 16.1. The fourth-order valence-corrected chi connectivity index (χ4v) is 2.15. The number of benzene rings is 2. The number of aromatic hydroxyl groups is 1. The van der Waals surface area contributed by atoms with Crippen molar-refractivity contribution < 1.29 is 14.6 Å². The molecule has 0 saturated carbocycles. The normalized spacial score (nSPS) is 12.7. The Morgan fingerprint density at radius 2 is 1.55 bits per heavy atom. The lowest BCUT2D eigenvalue weighted by atomic mass is 9.86. The molecule has 0 saturated heterocycles. The molecular formula is C19H22O3. The Morgan fingerprint density at radius 1 is 1.00 bits per heavy atom.